The van der Waals surface area contributed by atoms with Crippen molar-refractivity contribution < 1.29 is 12.8 Å². The summed E-state index contributed by atoms with van der Waals surface area (Å²) in [6, 6.07) is 6.44. The van der Waals surface area contributed by atoms with E-state index < -0.39 is 16.1 Å². The van der Waals surface area contributed by atoms with Gasteiger partial charge in [0.25, 0.3) is 0 Å². The average molecular weight is 308 g/mol. The summed E-state index contributed by atoms with van der Waals surface area (Å²) in [7, 11) is -3.64. The van der Waals surface area contributed by atoms with E-state index in [2.05, 4.69) is 4.72 Å². The Morgan fingerprint density at radius 2 is 1.71 bits per heavy atom. The number of nitrogens with one attached hydrogen (secondary N) is 1. The fourth-order valence-corrected chi connectivity index (χ4v) is 4.11. The molecule has 21 heavy (non-hydrogen) atoms. The Bertz CT molecular complexity index is 740. The van der Waals surface area contributed by atoms with E-state index >= 15 is 0 Å². The third-order valence-corrected chi connectivity index (χ3v) is 5.12. The first-order valence-electron chi connectivity index (χ1n) is 6.66. The summed E-state index contributed by atoms with van der Waals surface area (Å²) in [6.45, 7) is 7.04. The van der Waals surface area contributed by atoms with Crippen LogP contribution in [-0.4, -0.2) is 8.42 Å². The third-order valence-electron chi connectivity index (χ3n) is 3.27. The van der Waals surface area contributed by atoms with Crippen LogP contribution in [0.3, 0.4) is 0 Å². The third kappa shape index (κ3) is 3.28. The van der Waals surface area contributed by atoms with Crippen LogP contribution in [0.25, 0.3) is 0 Å². The van der Waals surface area contributed by atoms with Crippen molar-refractivity contribution in [2.24, 2.45) is 0 Å². The molecule has 2 aromatic rings. The largest absolute Gasteiger partial charge is 0.465 e. The van der Waals surface area contributed by atoms with Gasteiger partial charge in [-0.15, -0.1) is 0 Å². The minimum atomic E-state index is -3.64. The zero-order valence-electron chi connectivity index (χ0n) is 12.6. The first kappa shape index (κ1) is 15.6. The van der Waals surface area contributed by atoms with Crippen LogP contribution in [0, 0.1) is 20.8 Å². The summed E-state index contributed by atoms with van der Waals surface area (Å²) < 4.78 is 33.3. The van der Waals surface area contributed by atoms with Crippen molar-refractivity contribution in [3.05, 3.63) is 46.9 Å². The zero-order valence-corrected chi connectivity index (χ0v) is 13.4. The van der Waals surface area contributed by atoms with E-state index in [1.807, 2.05) is 6.92 Å². The van der Waals surface area contributed by atoms with Gasteiger partial charge in [0, 0.05) is 5.69 Å². The highest BCUT2D eigenvalue weighted by Gasteiger charge is 2.23. The molecule has 3 N–H and O–H groups in total. The van der Waals surface area contributed by atoms with E-state index in [1.165, 1.54) is 0 Å². The number of nitrogen functional groups attached to an aromatic ring is 1. The van der Waals surface area contributed by atoms with Gasteiger partial charge in [-0.3, -0.25) is 0 Å². The molecular formula is C15H20N2O3S. The monoisotopic (exact) mass is 308 g/mol. The van der Waals surface area contributed by atoms with Gasteiger partial charge in [-0.25, -0.2) is 13.1 Å². The Morgan fingerprint density at radius 3 is 2.19 bits per heavy atom. The summed E-state index contributed by atoms with van der Waals surface area (Å²) in [5.74, 6) is 1.33. The highest BCUT2D eigenvalue weighted by Crippen LogP contribution is 2.25. The maximum atomic E-state index is 12.6. The molecule has 1 aromatic heterocycles. The van der Waals surface area contributed by atoms with Crippen LogP contribution in [0.5, 0.6) is 0 Å². The van der Waals surface area contributed by atoms with Gasteiger partial charge in [-0.05, 0) is 63.1 Å². The molecule has 6 heteroatoms. The van der Waals surface area contributed by atoms with Crippen molar-refractivity contribution in [2.75, 3.05) is 5.73 Å². The number of hydrogen-bond acceptors (Lipinski definition) is 4. The second-order valence-electron chi connectivity index (χ2n) is 5.28. The summed E-state index contributed by atoms with van der Waals surface area (Å²) in [5, 5.41) is 0. The highest BCUT2D eigenvalue weighted by atomic mass is 32.2. The lowest BCUT2D eigenvalue weighted by molar-refractivity contribution is 0.441. The van der Waals surface area contributed by atoms with Crippen molar-refractivity contribution in [1.82, 2.24) is 4.72 Å². The molecule has 0 saturated heterocycles. The van der Waals surface area contributed by atoms with Gasteiger partial charge in [-0.1, -0.05) is 0 Å². The molecule has 0 radical (unpaired) electrons. The smallest absolute Gasteiger partial charge is 0.241 e. The van der Waals surface area contributed by atoms with Gasteiger partial charge < -0.3 is 10.2 Å². The van der Waals surface area contributed by atoms with Gasteiger partial charge >= 0.3 is 0 Å². The molecule has 0 aliphatic carbocycles. The Labute approximate surface area is 125 Å². The topological polar surface area (TPSA) is 85.3 Å². The van der Waals surface area contributed by atoms with Crippen LogP contribution < -0.4 is 10.5 Å². The van der Waals surface area contributed by atoms with Crippen molar-refractivity contribution >= 4 is 15.7 Å². The first-order valence-corrected chi connectivity index (χ1v) is 8.14. The molecule has 1 aromatic carbocycles. The number of rotatable bonds is 4. The predicted octanol–water partition coefficient (Wildman–Crippen LogP) is 2.83. The normalized spacial score (nSPS) is 13.3. The number of aryl methyl sites for hydroxylation is 3. The molecule has 0 bridgehead atoms. The summed E-state index contributed by atoms with van der Waals surface area (Å²) in [4.78, 5) is 0.270. The van der Waals surface area contributed by atoms with Crippen LogP contribution in [0.1, 0.15) is 35.6 Å². The number of furan rings is 1. The van der Waals surface area contributed by atoms with Crippen LogP contribution in [0.15, 0.2) is 33.6 Å². The van der Waals surface area contributed by atoms with Gasteiger partial charge in [0.2, 0.25) is 10.0 Å². The lowest BCUT2D eigenvalue weighted by Gasteiger charge is -2.16. The molecule has 0 amide bonds. The zero-order chi connectivity index (χ0) is 15.8. The minimum Gasteiger partial charge on any atom is -0.465 e. The molecule has 1 heterocycles. The van der Waals surface area contributed by atoms with Crippen molar-refractivity contribution in [3.8, 4) is 0 Å². The quantitative estimate of drug-likeness (QED) is 0.850. The highest BCUT2D eigenvalue weighted by molar-refractivity contribution is 7.89. The molecule has 5 nitrogen and oxygen atoms in total. The standard InChI is InChI=1S/C15H20N2O3S/c1-9-7-13(16)8-10(2)15(9)21(18,19)17-12(4)14-6-5-11(3)20-14/h5-8,12,17H,16H2,1-4H3. The van der Waals surface area contributed by atoms with Crippen molar-refractivity contribution in [1.29, 1.82) is 0 Å². The van der Waals surface area contributed by atoms with Crippen molar-refractivity contribution in [3.63, 3.8) is 0 Å². The van der Waals surface area contributed by atoms with E-state index in [-0.39, 0.29) is 4.90 Å². The molecule has 0 aliphatic rings. The fourth-order valence-electron chi connectivity index (χ4n) is 2.44. The molecule has 2 rings (SSSR count). The van der Waals surface area contributed by atoms with E-state index in [1.54, 1.807) is 45.0 Å². The van der Waals surface area contributed by atoms with Gasteiger partial charge in [0.15, 0.2) is 0 Å². The van der Waals surface area contributed by atoms with Gasteiger partial charge in [0.05, 0.1) is 10.9 Å². The lowest BCUT2D eigenvalue weighted by atomic mass is 10.1. The maximum absolute atomic E-state index is 12.6. The van der Waals surface area contributed by atoms with Gasteiger partial charge in [0.1, 0.15) is 11.5 Å². The maximum Gasteiger partial charge on any atom is 0.241 e. The first-order chi connectivity index (χ1) is 9.70. The lowest BCUT2D eigenvalue weighted by Crippen LogP contribution is -2.28. The van der Waals surface area contributed by atoms with Crippen LogP contribution in [-0.2, 0) is 10.0 Å². The number of anilines is 1. The number of nitrogens with two attached hydrogens (primary N) is 1. The van der Waals surface area contributed by atoms with Crippen LogP contribution in [0.4, 0.5) is 5.69 Å². The molecule has 0 aliphatic heterocycles. The fraction of sp³-hybridized carbons (Fsp3) is 0.333. The van der Waals surface area contributed by atoms with E-state index in [9.17, 15) is 8.42 Å². The SMILES string of the molecule is Cc1ccc(C(C)NS(=O)(=O)c2c(C)cc(N)cc2C)o1. The second-order valence-corrected chi connectivity index (χ2v) is 6.93. The van der Waals surface area contributed by atoms with Crippen molar-refractivity contribution in [2.45, 2.75) is 38.6 Å². The molecule has 0 saturated carbocycles. The number of hydrogen-bond donors (Lipinski definition) is 2. The van der Waals surface area contributed by atoms with E-state index in [4.69, 9.17) is 10.2 Å². The van der Waals surface area contributed by atoms with E-state index in [0.717, 1.165) is 5.76 Å². The van der Waals surface area contributed by atoms with Crippen LogP contribution in [0.2, 0.25) is 0 Å². The summed E-state index contributed by atoms with van der Waals surface area (Å²) in [6.07, 6.45) is 0. The molecule has 0 fully saturated rings. The minimum absolute atomic E-state index is 0.270. The predicted molar refractivity (Wildman–Crippen MR) is 82.5 cm³/mol. The Balaban J connectivity index is 2.35. The Hall–Kier alpha value is -1.79. The summed E-state index contributed by atoms with van der Waals surface area (Å²) >= 11 is 0. The molecule has 1 unspecified atom stereocenters. The second kappa shape index (κ2) is 5.54. The number of benzene rings is 1. The number of sulfonamides is 1. The molecule has 114 valence electrons. The summed E-state index contributed by atoms with van der Waals surface area (Å²) in [5.41, 5.74) is 7.55. The Kier molecular flexibility index (Phi) is 4.11. The molecular weight excluding hydrogens is 288 g/mol. The molecule has 1 atom stereocenters. The molecule has 0 spiro atoms. The van der Waals surface area contributed by atoms with E-state index in [0.29, 0.717) is 22.6 Å². The Morgan fingerprint density at radius 1 is 1.14 bits per heavy atom. The van der Waals surface area contributed by atoms with Gasteiger partial charge in [-0.2, -0.15) is 0 Å². The average Bonchev–Trinajstić information content (AvgIpc) is 2.73. The van der Waals surface area contributed by atoms with Crippen LogP contribution >= 0.6 is 0 Å².